The van der Waals surface area contributed by atoms with E-state index in [1.54, 1.807) is 0 Å². The van der Waals surface area contributed by atoms with Crippen LogP contribution in [0, 0.1) is 0 Å². The van der Waals surface area contributed by atoms with E-state index in [0.29, 0.717) is 17.4 Å². The summed E-state index contributed by atoms with van der Waals surface area (Å²) in [5.74, 6) is -0.787. The third-order valence-electron chi connectivity index (χ3n) is 15.6. The summed E-state index contributed by atoms with van der Waals surface area (Å²) in [4.78, 5) is 35.9. The Bertz CT molecular complexity index is 1770. The van der Waals surface area contributed by atoms with Gasteiger partial charge in [-0.05, 0) is 96.3 Å². The minimum atomic E-state index is -4.39. The molecule has 0 saturated carbocycles. The lowest BCUT2D eigenvalue weighted by Crippen LogP contribution is -2.37. The number of likely N-dealkylation sites (N-methyl/N-ethyl adjacent to an activating group) is 1. The molecule has 0 aromatic heterocycles. The van der Waals surface area contributed by atoms with Crippen molar-refractivity contribution < 1.29 is 42.1 Å². The molecule has 0 heterocycles. The average molecular weight is 1220 g/mol. The molecule has 2 unspecified atom stereocenters. The van der Waals surface area contributed by atoms with Crippen molar-refractivity contribution in [1.29, 1.82) is 0 Å². The van der Waals surface area contributed by atoms with Crippen molar-refractivity contribution in [2.24, 2.45) is 0 Å². The summed E-state index contributed by atoms with van der Waals surface area (Å²) in [5.41, 5.74) is 0. The molecule has 0 bridgehead atoms. The van der Waals surface area contributed by atoms with Gasteiger partial charge in [0.05, 0.1) is 27.7 Å². The van der Waals surface area contributed by atoms with Gasteiger partial charge in [0.2, 0.25) is 0 Å². The van der Waals surface area contributed by atoms with Gasteiger partial charge >= 0.3 is 19.8 Å². The standard InChI is InChI=1S/C76H136NO8P/c1-6-8-10-12-14-16-18-20-22-24-26-28-30-32-33-34-35-36-37-38-39-40-41-42-43-45-47-49-51-53-55-57-59-61-63-65-67-69-76(79)85-74(73-84-86(80,81)83-71-70-77(3,4)5)72-82-75(78)68-66-64-62-60-58-56-54-52-50-48-46-44-31-29-27-25-23-21-19-17-15-13-11-9-7-2/h8,10,14,16,19-22,25-28,32-33,35-36,74H,6-7,9,11-13,15,17-18,23-24,29-31,34,37-73H2,1-5H3/p+1/b10-8-,16-14-,21-19-,22-20-,27-25-,28-26-,33-32-,36-35-. The van der Waals surface area contributed by atoms with E-state index in [9.17, 15) is 19.0 Å². The Balaban J connectivity index is 4.00. The fourth-order valence-electron chi connectivity index (χ4n) is 10.1. The van der Waals surface area contributed by atoms with E-state index in [0.717, 1.165) is 77.0 Å². The number of hydrogen-bond donors (Lipinski definition) is 1. The first-order chi connectivity index (χ1) is 42.0. The number of allylic oxidation sites excluding steroid dienone is 16. The largest absolute Gasteiger partial charge is 0.472 e. The van der Waals surface area contributed by atoms with Crippen LogP contribution in [0.2, 0.25) is 0 Å². The minimum Gasteiger partial charge on any atom is -0.462 e. The van der Waals surface area contributed by atoms with Crippen LogP contribution in [-0.4, -0.2) is 74.9 Å². The maximum Gasteiger partial charge on any atom is 0.472 e. The van der Waals surface area contributed by atoms with E-state index in [-0.39, 0.29) is 32.0 Å². The SMILES string of the molecule is CC/C=C\C/C=C\C/C=C\C/C=C\C/C=C\C/C=C\CCCCCCCCCCCCCCCCCCCCC(=O)OC(COC(=O)CCCCCCCCCCCCCCC/C=C\C/C=C\CCCCCCC)COP(=O)(O)OCC[N+](C)(C)C. The van der Waals surface area contributed by atoms with E-state index < -0.39 is 26.5 Å². The second-order valence-electron chi connectivity index (χ2n) is 25.2. The van der Waals surface area contributed by atoms with Gasteiger partial charge in [0.1, 0.15) is 19.8 Å². The van der Waals surface area contributed by atoms with E-state index in [2.05, 4.69) is 111 Å². The van der Waals surface area contributed by atoms with Crippen LogP contribution in [0.4, 0.5) is 0 Å². The normalized spacial score (nSPS) is 13.7. The van der Waals surface area contributed by atoms with Crippen molar-refractivity contribution in [1.82, 2.24) is 0 Å². The second kappa shape index (κ2) is 66.4. The topological polar surface area (TPSA) is 108 Å². The number of rotatable bonds is 66. The highest BCUT2D eigenvalue weighted by Gasteiger charge is 2.27. The molecular formula is C76H137NO8P+. The van der Waals surface area contributed by atoms with E-state index in [1.807, 2.05) is 21.1 Å². The number of hydrogen-bond acceptors (Lipinski definition) is 7. The molecule has 0 aromatic rings. The van der Waals surface area contributed by atoms with E-state index in [1.165, 1.54) is 212 Å². The first kappa shape index (κ1) is 82.9. The van der Waals surface area contributed by atoms with Crippen molar-refractivity contribution in [3.05, 3.63) is 97.2 Å². The number of quaternary nitrogens is 1. The van der Waals surface area contributed by atoms with Crippen LogP contribution in [0.15, 0.2) is 97.2 Å². The lowest BCUT2D eigenvalue weighted by atomic mass is 10.0. The van der Waals surface area contributed by atoms with Gasteiger partial charge in [-0.15, -0.1) is 0 Å². The Kier molecular flexibility index (Phi) is 64.0. The van der Waals surface area contributed by atoms with Gasteiger partial charge in [0.25, 0.3) is 0 Å². The Hall–Kier alpha value is -3.07. The predicted molar refractivity (Wildman–Crippen MR) is 372 cm³/mol. The van der Waals surface area contributed by atoms with Crippen LogP contribution in [0.25, 0.3) is 0 Å². The number of carbonyl (C=O) groups is 2. The average Bonchev–Trinajstić information content (AvgIpc) is 3.67. The van der Waals surface area contributed by atoms with Gasteiger partial charge in [-0.2, -0.15) is 0 Å². The molecule has 498 valence electrons. The summed E-state index contributed by atoms with van der Waals surface area (Å²) in [6, 6.07) is 0. The summed E-state index contributed by atoms with van der Waals surface area (Å²) in [6.45, 7) is 4.35. The number of carbonyl (C=O) groups excluding carboxylic acids is 2. The van der Waals surface area contributed by atoms with E-state index >= 15 is 0 Å². The van der Waals surface area contributed by atoms with Crippen LogP contribution in [0.5, 0.6) is 0 Å². The highest BCUT2D eigenvalue weighted by Crippen LogP contribution is 2.43. The molecule has 0 rings (SSSR count). The first-order valence-electron chi connectivity index (χ1n) is 36.0. The molecule has 1 N–H and O–H groups in total. The Morgan fingerprint density at radius 1 is 0.372 bits per heavy atom. The van der Waals surface area contributed by atoms with Crippen LogP contribution in [0.3, 0.4) is 0 Å². The number of unbranched alkanes of at least 4 members (excludes halogenated alkanes) is 36. The molecule has 10 heteroatoms. The number of esters is 2. The van der Waals surface area contributed by atoms with Gasteiger partial charge < -0.3 is 18.9 Å². The fourth-order valence-corrected chi connectivity index (χ4v) is 10.9. The quantitative estimate of drug-likeness (QED) is 0.0211. The second-order valence-corrected chi connectivity index (χ2v) is 26.7. The van der Waals surface area contributed by atoms with Crippen molar-refractivity contribution in [3.8, 4) is 0 Å². The molecule has 86 heavy (non-hydrogen) atoms. The zero-order chi connectivity index (χ0) is 62.6. The van der Waals surface area contributed by atoms with Gasteiger partial charge in [-0.1, -0.05) is 310 Å². The molecule has 0 aromatic carbocycles. The van der Waals surface area contributed by atoms with Crippen molar-refractivity contribution in [2.45, 2.75) is 328 Å². The lowest BCUT2D eigenvalue weighted by Gasteiger charge is -2.24. The van der Waals surface area contributed by atoms with Crippen LogP contribution in [0.1, 0.15) is 322 Å². The van der Waals surface area contributed by atoms with Crippen LogP contribution >= 0.6 is 7.82 Å². The van der Waals surface area contributed by atoms with Gasteiger partial charge in [0, 0.05) is 12.8 Å². The number of phosphoric acid groups is 1. The number of phosphoric ester groups is 1. The third kappa shape index (κ3) is 70.0. The fraction of sp³-hybridized carbons (Fsp3) is 0.763. The molecule has 0 saturated heterocycles. The van der Waals surface area contributed by atoms with Gasteiger partial charge in [-0.3, -0.25) is 18.6 Å². The zero-order valence-corrected chi connectivity index (χ0v) is 57.7. The number of ether oxygens (including phenoxy) is 2. The summed E-state index contributed by atoms with van der Waals surface area (Å²) in [7, 11) is 1.48. The third-order valence-corrected chi connectivity index (χ3v) is 16.6. The molecule has 9 nitrogen and oxygen atoms in total. The molecule has 0 aliphatic heterocycles. The van der Waals surface area contributed by atoms with Crippen molar-refractivity contribution in [3.63, 3.8) is 0 Å². The zero-order valence-electron chi connectivity index (χ0n) is 56.8. The highest BCUT2D eigenvalue weighted by atomic mass is 31.2. The number of nitrogens with zero attached hydrogens (tertiary/aromatic N) is 1. The summed E-state index contributed by atoms with van der Waals surface area (Å²) in [5, 5.41) is 0. The van der Waals surface area contributed by atoms with Crippen molar-refractivity contribution >= 4 is 19.8 Å². The van der Waals surface area contributed by atoms with Gasteiger partial charge in [-0.25, -0.2) is 4.57 Å². The Morgan fingerprint density at radius 2 is 0.663 bits per heavy atom. The first-order valence-corrected chi connectivity index (χ1v) is 37.5. The van der Waals surface area contributed by atoms with E-state index in [4.69, 9.17) is 18.5 Å². The summed E-state index contributed by atoms with van der Waals surface area (Å²) >= 11 is 0. The molecule has 0 amide bonds. The lowest BCUT2D eigenvalue weighted by molar-refractivity contribution is -0.870. The molecule has 0 aliphatic rings. The maximum atomic E-state index is 12.9. The molecule has 0 radical (unpaired) electrons. The molecular weight excluding hydrogens is 1090 g/mol. The molecule has 0 fully saturated rings. The predicted octanol–water partition coefficient (Wildman–Crippen LogP) is 23.5. The smallest absolute Gasteiger partial charge is 0.462 e. The molecule has 0 aliphatic carbocycles. The highest BCUT2D eigenvalue weighted by molar-refractivity contribution is 7.47. The molecule has 0 spiro atoms. The Morgan fingerprint density at radius 3 is 0.988 bits per heavy atom. The van der Waals surface area contributed by atoms with Crippen LogP contribution in [-0.2, 0) is 32.7 Å². The maximum absolute atomic E-state index is 12.9. The monoisotopic (exact) mass is 1220 g/mol. The minimum absolute atomic E-state index is 0.0304. The summed E-state index contributed by atoms with van der Waals surface area (Å²) < 4.78 is 34.7. The Labute approximate surface area is 532 Å². The van der Waals surface area contributed by atoms with Gasteiger partial charge in [0.15, 0.2) is 6.10 Å². The molecule has 2 atom stereocenters. The van der Waals surface area contributed by atoms with Crippen LogP contribution < -0.4 is 0 Å². The summed E-state index contributed by atoms with van der Waals surface area (Å²) in [6.07, 6.45) is 92.3. The van der Waals surface area contributed by atoms with Crippen molar-refractivity contribution in [2.75, 3.05) is 47.5 Å².